The van der Waals surface area contributed by atoms with Gasteiger partial charge in [0, 0.05) is 23.5 Å². The molecule has 0 fully saturated rings. The topological polar surface area (TPSA) is 137 Å². The number of fused-ring (bicyclic) bond motifs is 1. The minimum Gasteiger partial charge on any atom is -0.480 e. The fourth-order valence-corrected chi connectivity index (χ4v) is 1.62. The molecule has 0 radical (unpaired) electrons. The number of H-pyrrole nitrogens is 1. The molecule has 0 aliphatic carbocycles. The van der Waals surface area contributed by atoms with E-state index in [0.717, 1.165) is 16.5 Å². The van der Waals surface area contributed by atoms with E-state index in [0.29, 0.717) is 6.42 Å². The molecule has 0 saturated carbocycles. The van der Waals surface area contributed by atoms with Crippen molar-refractivity contribution in [1.82, 2.24) is 4.98 Å². The molecule has 2 aromatic rings. The number of rotatable bonds is 3. The highest BCUT2D eigenvalue weighted by atomic mass is 32.2. The van der Waals surface area contributed by atoms with Crippen molar-refractivity contribution in [2.75, 3.05) is 0 Å². The molecule has 1 aromatic heterocycles. The van der Waals surface area contributed by atoms with E-state index in [-0.39, 0.29) is 0 Å². The SMILES string of the molecule is N[C@@H](Cc1c[nH]c2ccccc12)C(=O)O.O=S(O)O. The molecule has 0 aliphatic rings. The average Bonchev–Trinajstić information content (AvgIpc) is 2.72. The zero-order chi connectivity index (χ0) is 14.4. The van der Waals surface area contributed by atoms with Gasteiger partial charge in [0.1, 0.15) is 6.04 Å². The van der Waals surface area contributed by atoms with Crippen molar-refractivity contribution >= 4 is 28.2 Å². The Morgan fingerprint density at radius 3 is 2.53 bits per heavy atom. The number of aromatic nitrogens is 1. The molecule has 19 heavy (non-hydrogen) atoms. The van der Waals surface area contributed by atoms with E-state index in [2.05, 4.69) is 4.98 Å². The van der Waals surface area contributed by atoms with Crippen molar-refractivity contribution in [2.24, 2.45) is 5.73 Å². The summed E-state index contributed by atoms with van der Waals surface area (Å²) >= 11 is -2.61. The molecule has 1 atom stereocenters. The molecule has 0 unspecified atom stereocenters. The normalized spacial score (nSPS) is 12.0. The van der Waals surface area contributed by atoms with Crippen LogP contribution in [0.2, 0.25) is 0 Å². The maximum Gasteiger partial charge on any atom is 0.320 e. The molecule has 0 spiro atoms. The number of nitrogens with two attached hydrogens (primary N) is 1. The third kappa shape index (κ3) is 4.79. The Balaban J connectivity index is 0.000000399. The molecule has 1 aromatic carbocycles. The average molecular weight is 286 g/mol. The highest BCUT2D eigenvalue weighted by Crippen LogP contribution is 2.18. The van der Waals surface area contributed by atoms with Crippen LogP contribution in [0.25, 0.3) is 10.9 Å². The van der Waals surface area contributed by atoms with E-state index >= 15 is 0 Å². The first-order chi connectivity index (χ1) is 8.91. The molecule has 0 aliphatic heterocycles. The van der Waals surface area contributed by atoms with Gasteiger partial charge in [0.15, 0.2) is 0 Å². The molecular formula is C11H14N2O5S. The Morgan fingerprint density at radius 2 is 1.95 bits per heavy atom. The Bertz CT molecular complexity index is 579. The standard InChI is InChI=1S/C11H12N2O2.H2O3S/c12-9(11(14)15)5-7-6-13-10-4-2-1-3-8(7)10;1-4(2)3/h1-4,6,9,13H,5,12H2,(H,14,15);(H2,1,2,3)/t9-;/m0./s1. The number of aliphatic carboxylic acids is 1. The summed E-state index contributed by atoms with van der Waals surface area (Å²) in [4.78, 5) is 13.7. The second kappa shape index (κ2) is 7.00. The summed E-state index contributed by atoms with van der Waals surface area (Å²) in [5.74, 6) is -0.972. The number of carboxylic acid groups (broad SMARTS) is 1. The van der Waals surface area contributed by atoms with Crippen molar-refractivity contribution in [3.8, 4) is 0 Å². The van der Waals surface area contributed by atoms with Crippen molar-refractivity contribution in [3.63, 3.8) is 0 Å². The van der Waals surface area contributed by atoms with Crippen LogP contribution in [0.4, 0.5) is 0 Å². The molecular weight excluding hydrogens is 272 g/mol. The lowest BCUT2D eigenvalue weighted by molar-refractivity contribution is -0.138. The van der Waals surface area contributed by atoms with Crippen molar-refractivity contribution in [1.29, 1.82) is 0 Å². The van der Waals surface area contributed by atoms with Crippen LogP contribution in [-0.4, -0.2) is 35.4 Å². The van der Waals surface area contributed by atoms with Gasteiger partial charge < -0.3 is 15.8 Å². The summed E-state index contributed by atoms with van der Waals surface area (Å²) in [5, 5.41) is 9.75. The van der Waals surface area contributed by atoms with Crippen LogP contribution in [0.3, 0.4) is 0 Å². The third-order valence-electron chi connectivity index (χ3n) is 2.43. The minimum atomic E-state index is -2.61. The summed E-state index contributed by atoms with van der Waals surface area (Å²) in [7, 11) is 0. The lowest BCUT2D eigenvalue weighted by Gasteiger charge is -2.04. The van der Waals surface area contributed by atoms with Crippen LogP contribution in [0.5, 0.6) is 0 Å². The van der Waals surface area contributed by atoms with Crippen LogP contribution in [0.1, 0.15) is 5.56 Å². The fourth-order valence-electron chi connectivity index (χ4n) is 1.62. The van der Waals surface area contributed by atoms with E-state index < -0.39 is 23.4 Å². The summed E-state index contributed by atoms with van der Waals surface area (Å²) < 4.78 is 22.8. The minimum absolute atomic E-state index is 0.347. The van der Waals surface area contributed by atoms with Gasteiger partial charge in [-0.2, -0.15) is 4.21 Å². The quantitative estimate of drug-likeness (QED) is 0.529. The van der Waals surface area contributed by atoms with Crippen molar-refractivity contribution in [3.05, 3.63) is 36.0 Å². The van der Waals surface area contributed by atoms with Gasteiger partial charge in [0.05, 0.1) is 0 Å². The van der Waals surface area contributed by atoms with Gasteiger partial charge in [-0.1, -0.05) is 18.2 Å². The number of hydrogen-bond donors (Lipinski definition) is 5. The van der Waals surface area contributed by atoms with Crippen molar-refractivity contribution < 1.29 is 23.2 Å². The van der Waals surface area contributed by atoms with Gasteiger partial charge >= 0.3 is 5.97 Å². The lowest BCUT2D eigenvalue weighted by atomic mass is 10.1. The molecule has 7 nitrogen and oxygen atoms in total. The van der Waals surface area contributed by atoms with Crippen molar-refractivity contribution in [2.45, 2.75) is 12.5 Å². The van der Waals surface area contributed by atoms with Crippen LogP contribution < -0.4 is 5.73 Å². The summed E-state index contributed by atoms with van der Waals surface area (Å²) in [6, 6.07) is 6.91. The van der Waals surface area contributed by atoms with E-state index in [4.69, 9.17) is 24.2 Å². The first-order valence-electron chi connectivity index (χ1n) is 5.25. The second-order valence-corrected chi connectivity index (χ2v) is 4.20. The number of para-hydroxylation sites is 1. The smallest absolute Gasteiger partial charge is 0.320 e. The maximum absolute atomic E-state index is 10.6. The molecule has 104 valence electrons. The highest BCUT2D eigenvalue weighted by molar-refractivity contribution is 7.73. The first kappa shape index (κ1) is 15.3. The Kier molecular flexibility index (Phi) is 5.64. The summed E-state index contributed by atoms with van der Waals surface area (Å²) in [6.07, 6.45) is 2.16. The van der Waals surface area contributed by atoms with Gasteiger partial charge in [-0.3, -0.25) is 13.9 Å². The molecule has 6 N–H and O–H groups in total. The van der Waals surface area contributed by atoms with Crippen LogP contribution in [0.15, 0.2) is 30.5 Å². The van der Waals surface area contributed by atoms with Crippen LogP contribution in [-0.2, 0) is 22.6 Å². The number of nitrogens with one attached hydrogen (secondary N) is 1. The van der Waals surface area contributed by atoms with Crippen LogP contribution in [0, 0.1) is 0 Å². The maximum atomic E-state index is 10.6. The molecule has 8 heteroatoms. The molecule has 2 rings (SSSR count). The molecule has 1 heterocycles. The number of carboxylic acids is 1. The Labute approximate surface area is 111 Å². The number of benzene rings is 1. The first-order valence-corrected chi connectivity index (χ1v) is 6.31. The van der Waals surface area contributed by atoms with E-state index in [1.165, 1.54) is 0 Å². The van der Waals surface area contributed by atoms with Crippen LogP contribution >= 0.6 is 0 Å². The monoisotopic (exact) mass is 286 g/mol. The Hall–Kier alpha value is -1.74. The predicted octanol–water partition coefficient (Wildman–Crippen LogP) is 0.803. The highest BCUT2D eigenvalue weighted by Gasteiger charge is 2.14. The zero-order valence-electron chi connectivity index (χ0n) is 9.81. The van der Waals surface area contributed by atoms with Gasteiger partial charge in [0.2, 0.25) is 0 Å². The molecule has 0 bridgehead atoms. The van der Waals surface area contributed by atoms with Gasteiger partial charge in [-0.05, 0) is 11.6 Å². The third-order valence-corrected chi connectivity index (χ3v) is 2.43. The fraction of sp³-hybridized carbons (Fsp3) is 0.182. The van der Waals surface area contributed by atoms with Gasteiger partial charge in [0.25, 0.3) is 11.4 Å². The lowest BCUT2D eigenvalue weighted by Crippen LogP contribution is -2.32. The Morgan fingerprint density at radius 1 is 1.37 bits per heavy atom. The zero-order valence-corrected chi connectivity index (χ0v) is 10.6. The second-order valence-electron chi connectivity index (χ2n) is 3.74. The molecule has 0 amide bonds. The summed E-state index contributed by atoms with van der Waals surface area (Å²) in [6.45, 7) is 0. The number of hydrogen-bond acceptors (Lipinski definition) is 3. The predicted molar refractivity (Wildman–Crippen MR) is 71.0 cm³/mol. The van der Waals surface area contributed by atoms with E-state index in [1.807, 2.05) is 30.5 Å². The largest absolute Gasteiger partial charge is 0.480 e. The molecule has 0 saturated heterocycles. The van der Waals surface area contributed by atoms with E-state index in [1.54, 1.807) is 0 Å². The van der Waals surface area contributed by atoms with Gasteiger partial charge in [-0.15, -0.1) is 0 Å². The van der Waals surface area contributed by atoms with E-state index in [9.17, 15) is 4.79 Å². The van der Waals surface area contributed by atoms with Gasteiger partial charge in [-0.25, -0.2) is 0 Å². The number of aromatic amines is 1. The number of carbonyl (C=O) groups is 1. The summed E-state index contributed by atoms with van der Waals surface area (Å²) in [5.41, 5.74) is 7.43.